The third-order valence-electron chi connectivity index (χ3n) is 2.28. The molecule has 1 heterocycles. The Balaban J connectivity index is 2.09. The van der Waals surface area contributed by atoms with Crippen molar-refractivity contribution in [2.24, 2.45) is 5.92 Å². The van der Waals surface area contributed by atoms with Gasteiger partial charge in [0, 0.05) is 13.1 Å². The van der Waals surface area contributed by atoms with Gasteiger partial charge in [-0.2, -0.15) is 0 Å². The molecule has 1 saturated carbocycles. The van der Waals surface area contributed by atoms with E-state index >= 15 is 0 Å². The van der Waals surface area contributed by atoms with Gasteiger partial charge in [-0.05, 0) is 30.9 Å². The van der Waals surface area contributed by atoms with E-state index in [0.29, 0.717) is 24.0 Å². The van der Waals surface area contributed by atoms with E-state index in [9.17, 15) is 4.79 Å². The van der Waals surface area contributed by atoms with Crippen LogP contribution in [-0.4, -0.2) is 17.4 Å². The van der Waals surface area contributed by atoms with Crippen molar-refractivity contribution in [3.63, 3.8) is 0 Å². The minimum absolute atomic E-state index is 0.0450. The number of ether oxygens (including phenoxy) is 1. The van der Waals surface area contributed by atoms with Crippen LogP contribution in [0.15, 0.2) is 18.3 Å². The first kappa shape index (κ1) is 9.19. The summed E-state index contributed by atoms with van der Waals surface area (Å²) >= 11 is 0. The Kier molecular flexibility index (Phi) is 2.48. The van der Waals surface area contributed by atoms with E-state index in [0.717, 1.165) is 0 Å². The predicted molar refractivity (Wildman–Crippen MR) is 52.5 cm³/mol. The highest BCUT2D eigenvalue weighted by Gasteiger charge is 2.22. The maximum atomic E-state index is 11.2. The molecule has 14 heavy (non-hydrogen) atoms. The van der Waals surface area contributed by atoms with Gasteiger partial charge < -0.3 is 4.74 Å². The molecule has 74 valence electrons. The summed E-state index contributed by atoms with van der Waals surface area (Å²) in [7, 11) is 0. The lowest BCUT2D eigenvalue weighted by Crippen LogP contribution is -2.05. The van der Waals surface area contributed by atoms with Crippen LogP contribution < -0.4 is 4.74 Å². The molecule has 1 aromatic rings. The van der Waals surface area contributed by atoms with E-state index in [1.54, 1.807) is 18.3 Å². The summed E-state index contributed by atoms with van der Waals surface area (Å²) in [4.78, 5) is 15.2. The molecule has 3 heteroatoms. The number of rotatable bonds is 4. The van der Waals surface area contributed by atoms with Gasteiger partial charge in [0.1, 0.15) is 11.4 Å². The number of Topliss-reactive ketones (excluding diaryl/α,β-unsaturated/α-hetero) is 1. The maximum absolute atomic E-state index is 11.2. The van der Waals surface area contributed by atoms with E-state index in [4.69, 9.17) is 4.74 Å². The third kappa shape index (κ3) is 2.10. The van der Waals surface area contributed by atoms with Gasteiger partial charge >= 0.3 is 0 Å². The number of carbonyl (C=O) groups excluding carboxylic acids is 1. The standard InChI is InChI=1S/C11H13NO2/c1-8(13)11-10(3-2-6-12-11)14-7-9-4-5-9/h2-3,6,9H,4-5,7H2,1H3. The zero-order valence-electron chi connectivity index (χ0n) is 8.19. The van der Waals surface area contributed by atoms with Gasteiger partial charge in [-0.3, -0.25) is 4.79 Å². The minimum atomic E-state index is -0.0450. The molecular weight excluding hydrogens is 178 g/mol. The Hall–Kier alpha value is -1.38. The second-order valence-electron chi connectivity index (χ2n) is 3.66. The number of pyridine rings is 1. The van der Waals surface area contributed by atoms with Crippen LogP contribution in [0.25, 0.3) is 0 Å². The van der Waals surface area contributed by atoms with Gasteiger partial charge in [-0.25, -0.2) is 4.98 Å². The van der Waals surface area contributed by atoms with Gasteiger partial charge in [-0.1, -0.05) is 0 Å². The first-order chi connectivity index (χ1) is 6.77. The average molecular weight is 191 g/mol. The molecule has 1 fully saturated rings. The number of nitrogens with zero attached hydrogens (tertiary/aromatic N) is 1. The van der Waals surface area contributed by atoms with Crippen molar-refractivity contribution < 1.29 is 9.53 Å². The molecule has 1 aliphatic carbocycles. The second-order valence-corrected chi connectivity index (χ2v) is 3.66. The summed E-state index contributed by atoms with van der Waals surface area (Å²) in [6.45, 7) is 2.22. The molecule has 0 spiro atoms. The first-order valence-electron chi connectivity index (χ1n) is 4.86. The van der Waals surface area contributed by atoms with Crippen LogP contribution in [0.5, 0.6) is 5.75 Å². The van der Waals surface area contributed by atoms with Crippen LogP contribution in [0, 0.1) is 5.92 Å². The third-order valence-corrected chi connectivity index (χ3v) is 2.28. The Morgan fingerprint density at radius 3 is 3.07 bits per heavy atom. The highest BCUT2D eigenvalue weighted by Crippen LogP contribution is 2.30. The van der Waals surface area contributed by atoms with Gasteiger partial charge in [0.2, 0.25) is 0 Å². The van der Waals surface area contributed by atoms with Crippen molar-refractivity contribution in [2.75, 3.05) is 6.61 Å². The summed E-state index contributed by atoms with van der Waals surface area (Å²) < 4.78 is 5.54. The molecule has 2 rings (SSSR count). The van der Waals surface area contributed by atoms with E-state index in [2.05, 4.69) is 4.98 Å². The summed E-state index contributed by atoms with van der Waals surface area (Å²) in [5.74, 6) is 1.26. The Morgan fingerprint density at radius 2 is 2.43 bits per heavy atom. The fourth-order valence-electron chi connectivity index (χ4n) is 1.26. The van der Waals surface area contributed by atoms with Crippen LogP contribution in [0.3, 0.4) is 0 Å². The molecule has 0 amide bonds. The average Bonchev–Trinajstić information content (AvgIpc) is 2.98. The van der Waals surface area contributed by atoms with Crippen LogP contribution >= 0.6 is 0 Å². The quantitative estimate of drug-likeness (QED) is 0.684. The van der Waals surface area contributed by atoms with Crippen molar-refractivity contribution >= 4 is 5.78 Å². The first-order valence-corrected chi connectivity index (χ1v) is 4.86. The molecule has 0 radical (unpaired) electrons. The number of carbonyl (C=O) groups is 1. The molecule has 0 N–H and O–H groups in total. The number of ketones is 1. The fourth-order valence-corrected chi connectivity index (χ4v) is 1.26. The van der Waals surface area contributed by atoms with E-state index in [1.807, 2.05) is 0 Å². The van der Waals surface area contributed by atoms with E-state index in [1.165, 1.54) is 19.8 Å². The Morgan fingerprint density at radius 1 is 1.64 bits per heavy atom. The van der Waals surface area contributed by atoms with Crippen LogP contribution in [0.4, 0.5) is 0 Å². The lowest BCUT2D eigenvalue weighted by Gasteiger charge is -2.07. The number of hydrogen-bond donors (Lipinski definition) is 0. The van der Waals surface area contributed by atoms with Gasteiger partial charge in [0.05, 0.1) is 6.61 Å². The van der Waals surface area contributed by atoms with Crippen molar-refractivity contribution in [2.45, 2.75) is 19.8 Å². The molecule has 0 aliphatic heterocycles. The number of aromatic nitrogens is 1. The highest BCUT2D eigenvalue weighted by atomic mass is 16.5. The van der Waals surface area contributed by atoms with E-state index < -0.39 is 0 Å². The van der Waals surface area contributed by atoms with Crippen LogP contribution in [-0.2, 0) is 0 Å². The van der Waals surface area contributed by atoms with Gasteiger partial charge in [0.15, 0.2) is 5.78 Å². The van der Waals surface area contributed by atoms with Crippen LogP contribution in [0.1, 0.15) is 30.3 Å². The van der Waals surface area contributed by atoms with Crippen molar-refractivity contribution in [3.05, 3.63) is 24.0 Å². The zero-order valence-corrected chi connectivity index (χ0v) is 8.19. The molecular formula is C11H13NO2. The van der Waals surface area contributed by atoms with Crippen LogP contribution in [0.2, 0.25) is 0 Å². The topological polar surface area (TPSA) is 39.2 Å². The minimum Gasteiger partial charge on any atom is -0.491 e. The molecule has 0 unspecified atom stereocenters. The van der Waals surface area contributed by atoms with Gasteiger partial charge in [-0.15, -0.1) is 0 Å². The zero-order chi connectivity index (χ0) is 9.97. The van der Waals surface area contributed by atoms with Gasteiger partial charge in [0.25, 0.3) is 0 Å². The molecule has 0 aromatic carbocycles. The molecule has 0 saturated heterocycles. The summed E-state index contributed by atoms with van der Waals surface area (Å²) in [5, 5.41) is 0. The Labute approximate surface area is 83.1 Å². The highest BCUT2D eigenvalue weighted by molar-refractivity contribution is 5.94. The second kappa shape index (κ2) is 3.78. The van der Waals surface area contributed by atoms with Crippen molar-refractivity contribution in [3.8, 4) is 5.75 Å². The largest absolute Gasteiger partial charge is 0.491 e. The van der Waals surface area contributed by atoms with E-state index in [-0.39, 0.29) is 5.78 Å². The molecule has 1 aliphatic rings. The Bertz CT molecular complexity index is 345. The van der Waals surface area contributed by atoms with Crippen molar-refractivity contribution in [1.29, 1.82) is 0 Å². The molecule has 0 bridgehead atoms. The summed E-state index contributed by atoms with van der Waals surface area (Å²) in [5.41, 5.74) is 0.438. The SMILES string of the molecule is CC(=O)c1ncccc1OCC1CC1. The molecule has 3 nitrogen and oxygen atoms in total. The number of hydrogen-bond acceptors (Lipinski definition) is 3. The normalized spacial score (nSPS) is 15.2. The lowest BCUT2D eigenvalue weighted by molar-refractivity contribution is 0.100. The van der Waals surface area contributed by atoms with Crippen molar-refractivity contribution in [1.82, 2.24) is 4.98 Å². The predicted octanol–water partition coefficient (Wildman–Crippen LogP) is 2.07. The summed E-state index contributed by atoms with van der Waals surface area (Å²) in [6, 6.07) is 3.58. The fraction of sp³-hybridized carbons (Fsp3) is 0.455. The smallest absolute Gasteiger partial charge is 0.181 e. The maximum Gasteiger partial charge on any atom is 0.181 e. The summed E-state index contributed by atoms with van der Waals surface area (Å²) in [6.07, 6.45) is 4.10. The lowest BCUT2D eigenvalue weighted by atomic mass is 10.2. The monoisotopic (exact) mass is 191 g/mol. The molecule has 1 aromatic heterocycles. The molecule has 0 atom stereocenters.